The van der Waals surface area contributed by atoms with Gasteiger partial charge in [-0.3, -0.25) is 4.40 Å². The second-order valence-corrected chi connectivity index (χ2v) is 6.65. The van der Waals surface area contributed by atoms with E-state index in [1.165, 1.54) is 11.6 Å². The van der Waals surface area contributed by atoms with Crippen LogP contribution in [-0.4, -0.2) is 37.7 Å². The molecule has 0 bridgehead atoms. The minimum Gasteiger partial charge on any atom is -0.352 e. The molecule has 0 N–H and O–H groups in total. The Morgan fingerprint density at radius 3 is 2.75 bits per heavy atom. The molecule has 6 nitrogen and oxygen atoms in total. The molecule has 1 aliphatic rings. The van der Waals surface area contributed by atoms with Crippen molar-refractivity contribution in [2.75, 3.05) is 18.0 Å². The lowest BCUT2D eigenvalue weighted by molar-refractivity contribution is 0.584. The molecular formula is C21H17FN6. The fourth-order valence-electron chi connectivity index (χ4n) is 3.62. The standard InChI is InChI=1S/C21H17FN6/c22-19-6-5-16(13-24-19)18-3-1-9-23-20(18)27-11-7-15(8-12-27)17-4-2-10-28-14-25-26-21(17)28/h1-7,9-10,13-14H,8,11-12H2. The molecule has 0 saturated heterocycles. The van der Waals surface area contributed by atoms with Crippen LogP contribution in [0, 0.1) is 5.95 Å². The van der Waals surface area contributed by atoms with Gasteiger partial charge in [0.05, 0.1) is 0 Å². The van der Waals surface area contributed by atoms with E-state index in [4.69, 9.17) is 0 Å². The van der Waals surface area contributed by atoms with Gasteiger partial charge in [-0.2, -0.15) is 4.39 Å². The maximum atomic E-state index is 13.2. The van der Waals surface area contributed by atoms with Crippen molar-refractivity contribution < 1.29 is 4.39 Å². The van der Waals surface area contributed by atoms with E-state index < -0.39 is 5.95 Å². The highest BCUT2D eigenvalue weighted by Gasteiger charge is 2.19. The Kier molecular flexibility index (Phi) is 4.05. The van der Waals surface area contributed by atoms with Gasteiger partial charge in [0.15, 0.2) is 5.65 Å². The molecule has 0 aliphatic carbocycles. The maximum absolute atomic E-state index is 13.2. The molecule has 138 valence electrons. The molecule has 0 radical (unpaired) electrons. The number of rotatable bonds is 3. The molecule has 0 unspecified atom stereocenters. The zero-order chi connectivity index (χ0) is 18.9. The van der Waals surface area contributed by atoms with Crippen molar-refractivity contribution in [1.29, 1.82) is 0 Å². The summed E-state index contributed by atoms with van der Waals surface area (Å²) < 4.78 is 15.1. The molecule has 7 heteroatoms. The molecule has 0 amide bonds. The average molecular weight is 372 g/mol. The van der Waals surface area contributed by atoms with E-state index in [9.17, 15) is 4.39 Å². The summed E-state index contributed by atoms with van der Waals surface area (Å²) in [5.41, 5.74) is 5.05. The Morgan fingerprint density at radius 2 is 1.93 bits per heavy atom. The van der Waals surface area contributed by atoms with Gasteiger partial charge in [0.2, 0.25) is 5.95 Å². The Bertz CT molecular complexity index is 1160. The smallest absolute Gasteiger partial charge is 0.212 e. The van der Waals surface area contributed by atoms with E-state index in [0.717, 1.165) is 47.7 Å². The van der Waals surface area contributed by atoms with Crippen molar-refractivity contribution in [3.05, 3.63) is 78.9 Å². The van der Waals surface area contributed by atoms with Gasteiger partial charge in [-0.25, -0.2) is 9.97 Å². The number of hydrogen-bond acceptors (Lipinski definition) is 5. The minimum atomic E-state index is -0.484. The van der Waals surface area contributed by atoms with E-state index in [-0.39, 0.29) is 0 Å². The molecule has 0 spiro atoms. The average Bonchev–Trinajstić information content (AvgIpc) is 3.24. The van der Waals surface area contributed by atoms with Crippen LogP contribution in [0.1, 0.15) is 12.0 Å². The van der Waals surface area contributed by atoms with Gasteiger partial charge in [0.1, 0.15) is 12.1 Å². The van der Waals surface area contributed by atoms with Crippen molar-refractivity contribution >= 4 is 17.0 Å². The first-order chi connectivity index (χ1) is 13.8. The molecule has 4 aromatic heterocycles. The quantitative estimate of drug-likeness (QED) is 0.514. The van der Waals surface area contributed by atoms with Crippen LogP contribution >= 0.6 is 0 Å². The van der Waals surface area contributed by atoms with Gasteiger partial charge in [-0.15, -0.1) is 10.2 Å². The van der Waals surface area contributed by atoms with Crippen LogP contribution in [0.3, 0.4) is 0 Å². The Morgan fingerprint density at radius 1 is 1.00 bits per heavy atom. The highest BCUT2D eigenvalue weighted by molar-refractivity contribution is 5.79. The summed E-state index contributed by atoms with van der Waals surface area (Å²) >= 11 is 0. The molecule has 0 atom stereocenters. The Balaban J connectivity index is 1.46. The Labute approximate surface area is 161 Å². The van der Waals surface area contributed by atoms with E-state index >= 15 is 0 Å². The molecule has 0 fully saturated rings. The van der Waals surface area contributed by atoms with Gasteiger partial charge in [0, 0.05) is 48.4 Å². The number of fused-ring (bicyclic) bond motifs is 1. The normalized spacial score (nSPS) is 14.3. The SMILES string of the molecule is Fc1ccc(-c2cccnc2N2CC=C(c3cccn4cnnc34)CC2)cn1. The summed E-state index contributed by atoms with van der Waals surface area (Å²) in [6.07, 6.45) is 10.1. The molecule has 1 aliphatic heterocycles. The molecule has 0 aromatic carbocycles. The highest BCUT2D eigenvalue weighted by atomic mass is 19.1. The zero-order valence-electron chi connectivity index (χ0n) is 15.0. The number of pyridine rings is 3. The van der Waals surface area contributed by atoms with Crippen molar-refractivity contribution in [2.45, 2.75) is 6.42 Å². The van der Waals surface area contributed by atoms with Gasteiger partial charge in [0.25, 0.3) is 0 Å². The van der Waals surface area contributed by atoms with Crippen LogP contribution in [0.15, 0.2) is 67.4 Å². The van der Waals surface area contributed by atoms with Gasteiger partial charge < -0.3 is 4.90 Å². The third kappa shape index (κ3) is 2.90. The number of nitrogens with zero attached hydrogens (tertiary/aromatic N) is 6. The molecule has 28 heavy (non-hydrogen) atoms. The molecule has 5 rings (SSSR count). The topological polar surface area (TPSA) is 59.2 Å². The first-order valence-electron chi connectivity index (χ1n) is 9.09. The Hall–Kier alpha value is -3.61. The van der Waals surface area contributed by atoms with E-state index in [1.54, 1.807) is 24.8 Å². The molecule has 5 heterocycles. The van der Waals surface area contributed by atoms with Gasteiger partial charge in [-0.1, -0.05) is 6.08 Å². The third-order valence-corrected chi connectivity index (χ3v) is 5.00. The summed E-state index contributed by atoms with van der Waals surface area (Å²) in [6, 6.07) is 11.1. The number of hydrogen-bond donors (Lipinski definition) is 0. The summed E-state index contributed by atoms with van der Waals surface area (Å²) in [6.45, 7) is 1.57. The molecular weight excluding hydrogens is 355 g/mol. The molecule has 0 saturated carbocycles. The van der Waals surface area contributed by atoms with Crippen molar-refractivity contribution in [3.63, 3.8) is 0 Å². The fourth-order valence-corrected chi connectivity index (χ4v) is 3.62. The van der Waals surface area contributed by atoms with E-state index in [2.05, 4.69) is 37.2 Å². The number of anilines is 1. The van der Waals surface area contributed by atoms with Crippen LogP contribution in [0.4, 0.5) is 10.2 Å². The summed E-state index contributed by atoms with van der Waals surface area (Å²) in [5, 5.41) is 8.24. The predicted molar refractivity (Wildman–Crippen MR) is 105 cm³/mol. The second-order valence-electron chi connectivity index (χ2n) is 6.65. The van der Waals surface area contributed by atoms with Gasteiger partial charge >= 0.3 is 0 Å². The van der Waals surface area contributed by atoms with Crippen LogP contribution in [0.5, 0.6) is 0 Å². The first-order valence-corrected chi connectivity index (χ1v) is 9.09. The van der Waals surface area contributed by atoms with E-state index in [0.29, 0.717) is 0 Å². The summed E-state index contributed by atoms with van der Waals surface area (Å²) in [4.78, 5) is 10.6. The lowest BCUT2D eigenvalue weighted by atomic mass is 9.99. The van der Waals surface area contributed by atoms with Crippen LogP contribution < -0.4 is 4.90 Å². The fraction of sp³-hybridized carbons (Fsp3) is 0.143. The lowest BCUT2D eigenvalue weighted by Crippen LogP contribution is -2.29. The molecule has 4 aromatic rings. The largest absolute Gasteiger partial charge is 0.352 e. The zero-order valence-corrected chi connectivity index (χ0v) is 15.0. The second kappa shape index (κ2) is 6.84. The van der Waals surface area contributed by atoms with Gasteiger partial charge in [-0.05, 0) is 48.4 Å². The van der Waals surface area contributed by atoms with Crippen molar-refractivity contribution in [3.8, 4) is 11.1 Å². The first kappa shape index (κ1) is 16.6. The van der Waals surface area contributed by atoms with Crippen LogP contribution in [0.2, 0.25) is 0 Å². The lowest BCUT2D eigenvalue weighted by Gasteiger charge is -2.29. The van der Waals surface area contributed by atoms with Crippen LogP contribution in [-0.2, 0) is 0 Å². The minimum absolute atomic E-state index is 0.484. The van der Waals surface area contributed by atoms with E-state index in [1.807, 2.05) is 28.8 Å². The monoisotopic (exact) mass is 372 g/mol. The summed E-state index contributed by atoms with van der Waals surface area (Å²) in [7, 11) is 0. The highest BCUT2D eigenvalue weighted by Crippen LogP contribution is 2.32. The number of halogens is 1. The number of aromatic nitrogens is 5. The van der Waals surface area contributed by atoms with Crippen molar-refractivity contribution in [2.24, 2.45) is 0 Å². The summed E-state index contributed by atoms with van der Waals surface area (Å²) in [5.74, 6) is 0.397. The van der Waals surface area contributed by atoms with Crippen molar-refractivity contribution in [1.82, 2.24) is 24.6 Å². The maximum Gasteiger partial charge on any atom is 0.212 e. The van der Waals surface area contributed by atoms with Crippen LogP contribution in [0.25, 0.3) is 22.3 Å². The predicted octanol–water partition coefficient (Wildman–Crippen LogP) is 3.62. The third-order valence-electron chi connectivity index (χ3n) is 5.00.